The molecule has 0 aromatic heterocycles. The summed E-state index contributed by atoms with van der Waals surface area (Å²) in [7, 11) is 1.47. The monoisotopic (exact) mass is 254 g/mol. The van der Waals surface area contributed by atoms with Gasteiger partial charge in [0.2, 0.25) is 0 Å². The summed E-state index contributed by atoms with van der Waals surface area (Å²) in [5.74, 6) is 0.838. The van der Waals surface area contributed by atoms with Gasteiger partial charge in [-0.15, -0.1) is 0 Å². The molecular weight excluding hydrogens is 228 g/mol. The molecule has 1 heterocycles. The van der Waals surface area contributed by atoms with Crippen LogP contribution >= 0.6 is 0 Å². The van der Waals surface area contributed by atoms with Gasteiger partial charge in [-0.1, -0.05) is 0 Å². The fraction of sp³-hybridized carbons (Fsp3) is 0.929. The molecule has 2 aliphatic rings. The van der Waals surface area contributed by atoms with Gasteiger partial charge in [-0.25, -0.2) is 0 Å². The average molecular weight is 254 g/mol. The van der Waals surface area contributed by atoms with Gasteiger partial charge in [0.15, 0.2) is 0 Å². The van der Waals surface area contributed by atoms with Gasteiger partial charge in [-0.05, 0) is 51.1 Å². The highest BCUT2D eigenvalue weighted by Crippen LogP contribution is 2.30. The van der Waals surface area contributed by atoms with Crippen molar-refractivity contribution in [2.75, 3.05) is 33.3 Å². The van der Waals surface area contributed by atoms with Gasteiger partial charge in [-0.3, -0.25) is 4.79 Å². The minimum atomic E-state index is -0.0830. The minimum absolute atomic E-state index is 0.0830. The predicted molar refractivity (Wildman–Crippen MR) is 71.4 cm³/mol. The van der Waals surface area contributed by atoms with Gasteiger partial charge in [0.1, 0.15) is 0 Å². The van der Waals surface area contributed by atoms with E-state index in [0.29, 0.717) is 12.5 Å². The normalized spacial score (nSPS) is 23.6. The van der Waals surface area contributed by atoms with Crippen molar-refractivity contribution >= 4 is 5.97 Å². The van der Waals surface area contributed by atoms with Crippen LogP contribution < -0.4 is 5.32 Å². The molecule has 1 unspecified atom stereocenters. The fourth-order valence-electron chi connectivity index (χ4n) is 2.70. The summed E-state index contributed by atoms with van der Waals surface area (Å²) in [6.45, 7) is 4.57. The molecule has 1 saturated heterocycles. The second kappa shape index (κ2) is 7.10. The average Bonchev–Trinajstić information content (AvgIpc) is 3.03. The SMILES string of the molecule is COC(=O)CCCN(CC1CC1)CC1CCCN1. The molecule has 0 spiro atoms. The highest BCUT2D eigenvalue weighted by Gasteiger charge is 2.26. The number of ether oxygens (including phenoxy) is 1. The first kappa shape index (κ1) is 13.8. The van der Waals surface area contributed by atoms with Gasteiger partial charge in [-0.2, -0.15) is 0 Å². The topological polar surface area (TPSA) is 41.6 Å². The third kappa shape index (κ3) is 4.94. The summed E-state index contributed by atoms with van der Waals surface area (Å²) < 4.78 is 4.69. The molecule has 4 heteroatoms. The molecule has 1 atom stereocenters. The molecular formula is C14H26N2O2. The van der Waals surface area contributed by atoms with Crippen LogP contribution in [0.2, 0.25) is 0 Å². The zero-order valence-corrected chi connectivity index (χ0v) is 11.5. The number of hydrogen-bond donors (Lipinski definition) is 1. The summed E-state index contributed by atoms with van der Waals surface area (Å²) in [6, 6.07) is 0.668. The lowest BCUT2D eigenvalue weighted by Gasteiger charge is -2.25. The Hall–Kier alpha value is -0.610. The first-order chi connectivity index (χ1) is 8.78. The van der Waals surface area contributed by atoms with Crippen LogP contribution in [0, 0.1) is 5.92 Å². The lowest BCUT2D eigenvalue weighted by atomic mass is 10.2. The minimum Gasteiger partial charge on any atom is -0.469 e. The standard InChI is InChI=1S/C14H26N2O2/c1-18-14(17)5-3-9-16(10-12-6-7-12)11-13-4-2-8-15-13/h12-13,15H,2-11H2,1H3. The van der Waals surface area contributed by atoms with E-state index in [4.69, 9.17) is 0 Å². The summed E-state index contributed by atoms with van der Waals surface area (Å²) in [5.41, 5.74) is 0. The molecule has 0 amide bonds. The van der Waals surface area contributed by atoms with Crippen molar-refractivity contribution in [2.45, 2.75) is 44.6 Å². The number of esters is 1. The maximum absolute atomic E-state index is 11.1. The Morgan fingerprint density at radius 3 is 2.78 bits per heavy atom. The van der Waals surface area contributed by atoms with Crippen molar-refractivity contribution in [1.29, 1.82) is 0 Å². The van der Waals surface area contributed by atoms with E-state index in [1.54, 1.807) is 0 Å². The number of nitrogens with zero attached hydrogens (tertiary/aromatic N) is 1. The van der Waals surface area contributed by atoms with Gasteiger partial charge in [0.25, 0.3) is 0 Å². The molecule has 1 N–H and O–H groups in total. The largest absolute Gasteiger partial charge is 0.469 e. The van der Waals surface area contributed by atoms with Gasteiger partial charge in [0, 0.05) is 25.6 Å². The van der Waals surface area contributed by atoms with Crippen molar-refractivity contribution in [1.82, 2.24) is 10.2 Å². The number of methoxy groups -OCH3 is 1. The van der Waals surface area contributed by atoms with E-state index in [2.05, 4.69) is 15.0 Å². The van der Waals surface area contributed by atoms with Crippen LogP contribution in [0.3, 0.4) is 0 Å². The van der Waals surface area contributed by atoms with Crippen LogP contribution in [0.1, 0.15) is 38.5 Å². The Balaban J connectivity index is 1.67. The van der Waals surface area contributed by atoms with Crippen LogP contribution in [0.5, 0.6) is 0 Å². The van der Waals surface area contributed by atoms with E-state index in [1.165, 1.54) is 45.9 Å². The lowest BCUT2D eigenvalue weighted by molar-refractivity contribution is -0.140. The van der Waals surface area contributed by atoms with Crippen molar-refractivity contribution in [2.24, 2.45) is 5.92 Å². The van der Waals surface area contributed by atoms with Gasteiger partial charge < -0.3 is 15.0 Å². The van der Waals surface area contributed by atoms with Gasteiger partial charge in [0.05, 0.1) is 7.11 Å². The molecule has 2 fully saturated rings. The van der Waals surface area contributed by atoms with Crippen LogP contribution in [-0.2, 0) is 9.53 Å². The maximum atomic E-state index is 11.1. The van der Waals surface area contributed by atoms with Crippen LogP contribution in [0.25, 0.3) is 0 Å². The van der Waals surface area contributed by atoms with E-state index >= 15 is 0 Å². The Labute approximate surface area is 110 Å². The quantitative estimate of drug-likeness (QED) is 0.665. The van der Waals surface area contributed by atoms with E-state index < -0.39 is 0 Å². The van der Waals surface area contributed by atoms with E-state index in [9.17, 15) is 4.79 Å². The number of nitrogens with one attached hydrogen (secondary N) is 1. The lowest BCUT2D eigenvalue weighted by Crippen LogP contribution is -2.39. The summed E-state index contributed by atoms with van der Waals surface area (Å²) in [5, 5.41) is 3.56. The number of hydrogen-bond acceptors (Lipinski definition) is 4. The molecule has 18 heavy (non-hydrogen) atoms. The number of carbonyl (C=O) groups is 1. The number of carbonyl (C=O) groups excluding carboxylic acids is 1. The van der Waals surface area contributed by atoms with E-state index in [-0.39, 0.29) is 5.97 Å². The second-order valence-corrected chi connectivity index (χ2v) is 5.68. The van der Waals surface area contributed by atoms with Crippen molar-refractivity contribution in [3.63, 3.8) is 0 Å². The maximum Gasteiger partial charge on any atom is 0.305 e. The number of rotatable bonds is 8. The Morgan fingerprint density at radius 1 is 1.33 bits per heavy atom. The third-order valence-corrected chi connectivity index (χ3v) is 3.94. The Morgan fingerprint density at radius 2 is 2.17 bits per heavy atom. The summed E-state index contributed by atoms with van der Waals surface area (Å²) in [6.07, 6.45) is 6.88. The first-order valence-corrected chi connectivity index (χ1v) is 7.30. The van der Waals surface area contributed by atoms with Crippen LogP contribution in [0.15, 0.2) is 0 Å². The molecule has 0 radical (unpaired) electrons. The molecule has 0 bridgehead atoms. The Kier molecular flexibility index (Phi) is 5.45. The predicted octanol–water partition coefficient (Wildman–Crippen LogP) is 1.40. The summed E-state index contributed by atoms with van der Waals surface area (Å²) in [4.78, 5) is 13.7. The third-order valence-electron chi connectivity index (χ3n) is 3.94. The first-order valence-electron chi connectivity index (χ1n) is 7.30. The molecule has 1 aliphatic heterocycles. The van der Waals surface area contributed by atoms with Crippen molar-refractivity contribution in [3.05, 3.63) is 0 Å². The Bertz CT molecular complexity index is 261. The second-order valence-electron chi connectivity index (χ2n) is 5.68. The molecule has 104 valence electrons. The van der Waals surface area contributed by atoms with Crippen LogP contribution in [-0.4, -0.2) is 50.2 Å². The smallest absolute Gasteiger partial charge is 0.305 e. The zero-order chi connectivity index (χ0) is 12.8. The summed E-state index contributed by atoms with van der Waals surface area (Å²) >= 11 is 0. The molecule has 1 aliphatic carbocycles. The van der Waals surface area contributed by atoms with Crippen molar-refractivity contribution in [3.8, 4) is 0 Å². The van der Waals surface area contributed by atoms with E-state index in [1.807, 2.05) is 0 Å². The van der Waals surface area contributed by atoms with Gasteiger partial charge >= 0.3 is 5.97 Å². The molecule has 2 rings (SSSR count). The fourth-order valence-corrected chi connectivity index (χ4v) is 2.70. The molecule has 0 aromatic carbocycles. The highest BCUT2D eigenvalue weighted by molar-refractivity contribution is 5.69. The van der Waals surface area contributed by atoms with Crippen molar-refractivity contribution < 1.29 is 9.53 Å². The zero-order valence-electron chi connectivity index (χ0n) is 11.5. The molecule has 1 saturated carbocycles. The molecule has 4 nitrogen and oxygen atoms in total. The van der Waals surface area contributed by atoms with Crippen LogP contribution in [0.4, 0.5) is 0 Å². The van der Waals surface area contributed by atoms with E-state index in [0.717, 1.165) is 25.4 Å². The highest BCUT2D eigenvalue weighted by atomic mass is 16.5. The molecule has 0 aromatic rings.